The topological polar surface area (TPSA) is 69.3 Å². The summed E-state index contributed by atoms with van der Waals surface area (Å²) in [7, 11) is 0. The predicted molar refractivity (Wildman–Crippen MR) is 38.6 cm³/mol. The fourth-order valence-electron chi connectivity index (χ4n) is 0.409. The lowest BCUT2D eigenvalue weighted by atomic mass is 10.3. The standard InChI is InChI=1S/C5H13NO2S/c1-9(8)3-2-5(6)4-7/h5,7H,2-4,6H2,1H3/t5-,9?/m1/s1. The maximum Gasteiger partial charge on any atom is 0.106 e. The van der Waals surface area contributed by atoms with Crippen molar-refractivity contribution in [1.29, 1.82) is 0 Å². The molecule has 1 unspecified atom stereocenters. The minimum atomic E-state index is -0.779. The van der Waals surface area contributed by atoms with E-state index in [-0.39, 0.29) is 12.6 Å². The molecule has 0 fully saturated rings. The van der Waals surface area contributed by atoms with E-state index in [1.807, 2.05) is 0 Å². The first-order valence-electron chi connectivity index (χ1n) is 2.83. The van der Waals surface area contributed by atoms with Gasteiger partial charge in [0.2, 0.25) is 0 Å². The molecule has 0 spiro atoms. The van der Waals surface area contributed by atoms with Gasteiger partial charge in [-0.1, -0.05) is 11.2 Å². The van der Waals surface area contributed by atoms with Crippen LogP contribution >= 0.6 is 0 Å². The van der Waals surface area contributed by atoms with E-state index in [2.05, 4.69) is 0 Å². The second-order valence-electron chi connectivity index (χ2n) is 2.01. The highest BCUT2D eigenvalue weighted by Gasteiger charge is 2.03. The largest absolute Gasteiger partial charge is 0.617 e. The van der Waals surface area contributed by atoms with Crippen molar-refractivity contribution in [2.24, 2.45) is 5.73 Å². The Kier molecular flexibility index (Phi) is 5.18. The first-order chi connectivity index (χ1) is 4.16. The number of rotatable bonds is 4. The lowest BCUT2D eigenvalue weighted by Gasteiger charge is -2.08. The summed E-state index contributed by atoms with van der Waals surface area (Å²) >= 11 is -0.779. The third kappa shape index (κ3) is 6.11. The minimum Gasteiger partial charge on any atom is -0.617 e. The van der Waals surface area contributed by atoms with Crippen LogP contribution in [0, 0.1) is 0 Å². The van der Waals surface area contributed by atoms with Gasteiger partial charge in [-0.3, -0.25) is 0 Å². The summed E-state index contributed by atoms with van der Waals surface area (Å²) in [5.41, 5.74) is 5.34. The van der Waals surface area contributed by atoms with Crippen LogP contribution < -0.4 is 5.73 Å². The van der Waals surface area contributed by atoms with Gasteiger partial charge in [-0.05, 0) is 0 Å². The van der Waals surface area contributed by atoms with E-state index in [0.29, 0.717) is 12.2 Å². The Morgan fingerprint density at radius 3 is 2.67 bits per heavy atom. The molecule has 2 atom stereocenters. The van der Waals surface area contributed by atoms with Crippen LogP contribution in [0.1, 0.15) is 6.42 Å². The maximum atomic E-state index is 10.4. The molecule has 3 nitrogen and oxygen atoms in total. The summed E-state index contributed by atoms with van der Waals surface area (Å²) in [5, 5.41) is 8.42. The van der Waals surface area contributed by atoms with Crippen LogP contribution in [-0.4, -0.2) is 34.3 Å². The van der Waals surface area contributed by atoms with E-state index in [0.717, 1.165) is 0 Å². The van der Waals surface area contributed by atoms with Crippen molar-refractivity contribution < 1.29 is 9.66 Å². The second kappa shape index (κ2) is 5.05. The van der Waals surface area contributed by atoms with Crippen molar-refractivity contribution in [3.05, 3.63) is 0 Å². The molecule has 0 aromatic heterocycles. The summed E-state index contributed by atoms with van der Waals surface area (Å²) in [5.74, 6) is 0.585. The highest BCUT2D eigenvalue weighted by atomic mass is 32.2. The molecule has 56 valence electrons. The Labute approximate surface area is 58.4 Å². The van der Waals surface area contributed by atoms with Crippen molar-refractivity contribution in [2.45, 2.75) is 12.5 Å². The lowest BCUT2D eigenvalue weighted by molar-refractivity contribution is 0.263. The fourth-order valence-corrected chi connectivity index (χ4v) is 1.04. The third-order valence-electron chi connectivity index (χ3n) is 1.01. The van der Waals surface area contributed by atoms with Crippen molar-refractivity contribution in [3.8, 4) is 0 Å². The van der Waals surface area contributed by atoms with Gasteiger partial charge in [-0.25, -0.2) is 0 Å². The molecular weight excluding hydrogens is 138 g/mol. The highest BCUT2D eigenvalue weighted by molar-refractivity contribution is 7.90. The van der Waals surface area contributed by atoms with Gasteiger partial charge in [0, 0.05) is 12.5 Å². The second-order valence-corrected chi connectivity index (χ2v) is 3.56. The van der Waals surface area contributed by atoms with Crippen molar-refractivity contribution in [2.75, 3.05) is 18.6 Å². The molecule has 4 heteroatoms. The molecule has 0 radical (unpaired) electrons. The Hall–Kier alpha value is 0.230. The molecule has 3 N–H and O–H groups in total. The Balaban J connectivity index is 3.06. The number of hydrogen-bond donors (Lipinski definition) is 2. The first-order valence-corrected chi connectivity index (χ1v) is 4.56. The zero-order valence-corrected chi connectivity index (χ0v) is 6.36. The molecule has 0 heterocycles. The van der Waals surface area contributed by atoms with E-state index in [4.69, 9.17) is 10.8 Å². The maximum absolute atomic E-state index is 10.4. The van der Waals surface area contributed by atoms with Gasteiger partial charge in [-0.2, -0.15) is 0 Å². The van der Waals surface area contributed by atoms with Crippen LogP contribution in [0.5, 0.6) is 0 Å². The van der Waals surface area contributed by atoms with E-state index in [1.54, 1.807) is 6.26 Å². The van der Waals surface area contributed by atoms with Gasteiger partial charge in [0.25, 0.3) is 0 Å². The fraction of sp³-hybridized carbons (Fsp3) is 1.00. The van der Waals surface area contributed by atoms with Crippen LogP contribution in [0.25, 0.3) is 0 Å². The molecule has 0 saturated heterocycles. The van der Waals surface area contributed by atoms with Gasteiger partial charge < -0.3 is 15.4 Å². The van der Waals surface area contributed by atoms with Crippen LogP contribution in [0.3, 0.4) is 0 Å². The molecule has 0 aliphatic rings. The molecule has 0 saturated carbocycles. The van der Waals surface area contributed by atoms with Gasteiger partial charge in [0.05, 0.1) is 12.9 Å². The van der Waals surface area contributed by atoms with Crippen molar-refractivity contribution in [3.63, 3.8) is 0 Å². The average molecular weight is 151 g/mol. The first kappa shape index (κ1) is 9.23. The van der Waals surface area contributed by atoms with E-state index in [9.17, 15) is 4.55 Å². The summed E-state index contributed by atoms with van der Waals surface area (Å²) in [4.78, 5) is 0. The monoisotopic (exact) mass is 151 g/mol. The Morgan fingerprint density at radius 1 is 1.78 bits per heavy atom. The number of nitrogens with two attached hydrogens (primary N) is 1. The molecule has 0 bridgehead atoms. The summed E-state index contributed by atoms with van der Waals surface area (Å²) in [6, 6.07) is -0.200. The van der Waals surface area contributed by atoms with Crippen LogP contribution in [0.2, 0.25) is 0 Å². The van der Waals surface area contributed by atoms with Gasteiger partial charge in [-0.15, -0.1) is 0 Å². The molecular formula is C5H13NO2S. The number of aliphatic hydroxyl groups excluding tert-OH is 1. The lowest BCUT2D eigenvalue weighted by Crippen LogP contribution is -2.26. The summed E-state index contributed by atoms with van der Waals surface area (Å²) in [6.07, 6.45) is 2.27. The summed E-state index contributed by atoms with van der Waals surface area (Å²) in [6.45, 7) is -0.0167. The van der Waals surface area contributed by atoms with Crippen LogP contribution in [0.15, 0.2) is 0 Å². The molecule has 0 aliphatic heterocycles. The molecule has 0 aromatic rings. The molecule has 0 rings (SSSR count). The zero-order valence-electron chi connectivity index (χ0n) is 5.54. The number of hydrogen-bond acceptors (Lipinski definition) is 3. The average Bonchev–Trinajstić information content (AvgIpc) is 1.83. The normalized spacial score (nSPS) is 17.3. The van der Waals surface area contributed by atoms with E-state index in [1.165, 1.54) is 0 Å². The van der Waals surface area contributed by atoms with Crippen molar-refractivity contribution in [1.82, 2.24) is 0 Å². The Morgan fingerprint density at radius 2 is 2.33 bits per heavy atom. The van der Waals surface area contributed by atoms with E-state index >= 15 is 0 Å². The van der Waals surface area contributed by atoms with E-state index < -0.39 is 11.2 Å². The zero-order chi connectivity index (χ0) is 7.28. The smallest absolute Gasteiger partial charge is 0.106 e. The van der Waals surface area contributed by atoms with Crippen LogP contribution in [-0.2, 0) is 11.2 Å². The SMILES string of the molecule is C[S+]([O-])CC[C@@H](N)CO. The molecule has 0 aliphatic carbocycles. The summed E-state index contributed by atoms with van der Waals surface area (Å²) < 4.78 is 10.4. The Bertz CT molecular complexity index is 70.0. The third-order valence-corrected chi connectivity index (χ3v) is 1.82. The predicted octanol–water partition coefficient (Wildman–Crippen LogP) is -0.925. The number of aliphatic hydroxyl groups is 1. The van der Waals surface area contributed by atoms with Crippen molar-refractivity contribution >= 4 is 11.2 Å². The highest BCUT2D eigenvalue weighted by Crippen LogP contribution is 1.91. The molecule has 0 aromatic carbocycles. The minimum absolute atomic E-state index is 0.0167. The molecule has 0 amide bonds. The van der Waals surface area contributed by atoms with Gasteiger partial charge in [0.1, 0.15) is 5.75 Å². The quantitative estimate of drug-likeness (QED) is 0.510. The molecule has 9 heavy (non-hydrogen) atoms. The van der Waals surface area contributed by atoms with Crippen LogP contribution in [0.4, 0.5) is 0 Å². The van der Waals surface area contributed by atoms with Gasteiger partial charge in [0.15, 0.2) is 0 Å². The van der Waals surface area contributed by atoms with Gasteiger partial charge >= 0.3 is 0 Å².